The Morgan fingerprint density at radius 3 is 2.71 bits per heavy atom. The highest BCUT2D eigenvalue weighted by Gasteiger charge is 2.12. The Balaban J connectivity index is 2.44. The first-order valence-corrected chi connectivity index (χ1v) is 4.93. The molecule has 1 aromatic carbocycles. The second kappa shape index (κ2) is 4.58. The van der Waals surface area contributed by atoms with Crippen molar-refractivity contribution in [2.75, 3.05) is 0 Å². The molecule has 1 heterocycles. The van der Waals surface area contributed by atoms with Gasteiger partial charge in [0.2, 0.25) is 0 Å². The topological polar surface area (TPSA) is 43.8 Å². The Bertz CT molecular complexity index is 522. The molecule has 90 valence electrons. The normalized spacial score (nSPS) is 11.1. The van der Waals surface area contributed by atoms with Crippen molar-refractivity contribution in [2.45, 2.75) is 13.1 Å². The Morgan fingerprint density at radius 2 is 2.12 bits per heavy atom. The predicted octanol–water partition coefficient (Wildman–Crippen LogP) is 2.54. The fourth-order valence-electron chi connectivity index (χ4n) is 1.50. The van der Waals surface area contributed by atoms with Gasteiger partial charge in [-0.1, -0.05) is 6.07 Å². The van der Waals surface area contributed by atoms with E-state index in [-0.39, 0.29) is 12.1 Å². The highest BCUT2D eigenvalue weighted by molar-refractivity contribution is 5.63. The zero-order valence-electron chi connectivity index (χ0n) is 8.78. The van der Waals surface area contributed by atoms with Gasteiger partial charge in [-0.2, -0.15) is 13.9 Å². The second-order valence-corrected chi connectivity index (χ2v) is 3.51. The van der Waals surface area contributed by atoms with E-state index in [1.807, 2.05) is 0 Å². The van der Waals surface area contributed by atoms with Crippen LogP contribution in [0.5, 0.6) is 0 Å². The summed E-state index contributed by atoms with van der Waals surface area (Å²) in [6.07, 6.45) is 2.30. The number of halogens is 3. The first-order chi connectivity index (χ1) is 8.11. The second-order valence-electron chi connectivity index (χ2n) is 3.51. The van der Waals surface area contributed by atoms with Gasteiger partial charge >= 0.3 is 6.55 Å². The van der Waals surface area contributed by atoms with Crippen LogP contribution in [0.3, 0.4) is 0 Å². The lowest BCUT2D eigenvalue weighted by molar-refractivity contribution is 0.0566. The lowest BCUT2D eigenvalue weighted by atomic mass is 10.1. The first-order valence-electron chi connectivity index (χ1n) is 4.93. The average Bonchev–Trinajstić information content (AvgIpc) is 2.79. The number of aromatic nitrogens is 2. The number of nitrogens with zero attached hydrogens (tertiary/aromatic N) is 2. The summed E-state index contributed by atoms with van der Waals surface area (Å²) >= 11 is 0. The molecule has 2 rings (SSSR count). The highest BCUT2D eigenvalue weighted by atomic mass is 19.3. The van der Waals surface area contributed by atoms with Crippen molar-refractivity contribution in [3.63, 3.8) is 0 Å². The number of alkyl halides is 2. The van der Waals surface area contributed by atoms with Gasteiger partial charge < -0.3 is 5.73 Å². The lowest BCUT2D eigenvalue weighted by Gasteiger charge is -2.03. The summed E-state index contributed by atoms with van der Waals surface area (Å²) in [6, 6.07) is 4.34. The maximum Gasteiger partial charge on any atom is 0.333 e. The Morgan fingerprint density at radius 1 is 1.35 bits per heavy atom. The molecule has 2 aromatic rings. The van der Waals surface area contributed by atoms with Crippen molar-refractivity contribution in [3.05, 3.63) is 42.0 Å². The van der Waals surface area contributed by atoms with Gasteiger partial charge in [-0.25, -0.2) is 9.07 Å². The summed E-state index contributed by atoms with van der Waals surface area (Å²) in [6.45, 7) is -2.47. The van der Waals surface area contributed by atoms with Crippen LogP contribution in [0.15, 0.2) is 30.6 Å². The van der Waals surface area contributed by atoms with E-state index in [1.54, 1.807) is 6.07 Å². The maximum atomic E-state index is 13.5. The van der Waals surface area contributed by atoms with Crippen LogP contribution in [0.1, 0.15) is 12.1 Å². The smallest absolute Gasteiger partial charge is 0.326 e. The van der Waals surface area contributed by atoms with Crippen molar-refractivity contribution in [1.82, 2.24) is 9.78 Å². The molecule has 0 aliphatic heterocycles. The summed E-state index contributed by atoms with van der Waals surface area (Å²) in [5, 5.41) is 3.46. The van der Waals surface area contributed by atoms with E-state index >= 15 is 0 Å². The lowest BCUT2D eigenvalue weighted by Crippen LogP contribution is -1.98. The molecular formula is C11H10F3N3. The van der Waals surface area contributed by atoms with Gasteiger partial charge in [0, 0.05) is 23.9 Å². The summed E-state index contributed by atoms with van der Waals surface area (Å²) in [5.41, 5.74) is 6.69. The number of nitrogens with two attached hydrogens (primary N) is 1. The minimum atomic E-state index is -2.73. The Kier molecular flexibility index (Phi) is 3.14. The first kappa shape index (κ1) is 11.7. The molecular weight excluding hydrogens is 231 g/mol. The van der Waals surface area contributed by atoms with Crippen molar-refractivity contribution in [3.8, 4) is 11.1 Å². The summed E-state index contributed by atoms with van der Waals surface area (Å²) in [7, 11) is 0. The van der Waals surface area contributed by atoms with Crippen molar-refractivity contribution in [2.24, 2.45) is 5.73 Å². The van der Waals surface area contributed by atoms with Crippen molar-refractivity contribution < 1.29 is 13.2 Å². The van der Waals surface area contributed by atoms with Crippen LogP contribution in [0, 0.1) is 5.82 Å². The van der Waals surface area contributed by atoms with E-state index in [0.29, 0.717) is 10.2 Å². The average molecular weight is 241 g/mol. The van der Waals surface area contributed by atoms with E-state index in [4.69, 9.17) is 5.73 Å². The van der Waals surface area contributed by atoms with Gasteiger partial charge in [0.05, 0.1) is 6.20 Å². The number of benzene rings is 1. The molecule has 0 unspecified atom stereocenters. The molecule has 2 N–H and O–H groups in total. The van der Waals surface area contributed by atoms with Gasteiger partial charge in [-0.05, 0) is 17.7 Å². The van der Waals surface area contributed by atoms with E-state index < -0.39 is 12.4 Å². The fourth-order valence-corrected chi connectivity index (χ4v) is 1.50. The van der Waals surface area contributed by atoms with Crippen LogP contribution in [-0.2, 0) is 6.54 Å². The third kappa shape index (κ3) is 2.31. The van der Waals surface area contributed by atoms with Crippen LogP contribution < -0.4 is 5.73 Å². The molecule has 0 aliphatic carbocycles. The van der Waals surface area contributed by atoms with Crippen LogP contribution in [0.2, 0.25) is 0 Å². The molecule has 1 aromatic heterocycles. The Labute approximate surface area is 95.7 Å². The summed E-state index contributed by atoms with van der Waals surface area (Å²) < 4.78 is 38.7. The zero-order chi connectivity index (χ0) is 12.4. The highest BCUT2D eigenvalue weighted by Crippen LogP contribution is 2.24. The molecule has 3 nitrogen and oxygen atoms in total. The zero-order valence-corrected chi connectivity index (χ0v) is 8.78. The molecule has 6 heteroatoms. The Hall–Kier alpha value is -1.82. The minimum Gasteiger partial charge on any atom is -0.326 e. The molecule has 0 atom stereocenters. The van der Waals surface area contributed by atoms with Gasteiger partial charge in [0.15, 0.2) is 0 Å². The van der Waals surface area contributed by atoms with E-state index in [1.165, 1.54) is 18.3 Å². The summed E-state index contributed by atoms with van der Waals surface area (Å²) in [4.78, 5) is 0. The van der Waals surface area contributed by atoms with Crippen LogP contribution >= 0.6 is 0 Å². The van der Waals surface area contributed by atoms with Gasteiger partial charge in [0.25, 0.3) is 0 Å². The minimum absolute atomic E-state index is 0.222. The molecule has 0 saturated carbocycles. The number of hydrogen-bond donors (Lipinski definition) is 1. The fraction of sp³-hybridized carbons (Fsp3) is 0.182. The predicted molar refractivity (Wildman–Crippen MR) is 56.8 cm³/mol. The summed E-state index contributed by atoms with van der Waals surface area (Å²) in [5.74, 6) is -0.490. The van der Waals surface area contributed by atoms with Crippen LogP contribution in [0.25, 0.3) is 11.1 Å². The van der Waals surface area contributed by atoms with Gasteiger partial charge in [-0.15, -0.1) is 0 Å². The quantitative estimate of drug-likeness (QED) is 0.897. The molecule has 0 bridgehead atoms. The van der Waals surface area contributed by atoms with Gasteiger partial charge in [-0.3, -0.25) is 0 Å². The number of rotatable bonds is 3. The third-order valence-electron chi connectivity index (χ3n) is 2.38. The molecule has 0 spiro atoms. The monoisotopic (exact) mass is 241 g/mol. The van der Waals surface area contributed by atoms with Crippen molar-refractivity contribution >= 4 is 0 Å². The number of hydrogen-bond acceptors (Lipinski definition) is 2. The van der Waals surface area contributed by atoms with Crippen LogP contribution in [-0.4, -0.2) is 9.78 Å². The largest absolute Gasteiger partial charge is 0.333 e. The molecule has 0 amide bonds. The van der Waals surface area contributed by atoms with Crippen LogP contribution in [0.4, 0.5) is 13.2 Å². The van der Waals surface area contributed by atoms with Crippen molar-refractivity contribution in [1.29, 1.82) is 0 Å². The van der Waals surface area contributed by atoms with Gasteiger partial charge in [0.1, 0.15) is 5.82 Å². The SMILES string of the molecule is NCc1ccc(F)c(-c2cnn(C(F)F)c2)c1. The third-order valence-corrected chi connectivity index (χ3v) is 2.38. The molecule has 0 radical (unpaired) electrons. The molecule has 0 aliphatic rings. The molecule has 0 fully saturated rings. The van der Waals surface area contributed by atoms with E-state index in [0.717, 1.165) is 11.8 Å². The van der Waals surface area contributed by atoms with E-state index in [2.05, 4.69) is 5.10 Å². The molecule has 17 heavy (non-hydrogen) atoms. The molecule has 0 saturated heterocycles. The van der Waals surface area contributed by atoms with E-state index in [9.17, 15) is 13.2 Å². The maximum absolute atomic E-state index is 13.5. The standard InChI is InChI=1S/C11H10F3N3/c12-10-2-1-7(4-15)3-9(10)8-5-16-17(6-8)11(13)14/h1-3,5-6,11H,4,15H2.